The number of amides is 1. The molecule has 1 fully saturated rings. The number of likely N-dealkylation sites (tertiary alicyclic amines) is 1. The molecule has 1 saturated heterocycles. The summed E-state index contributed by atoms with van der Waals surface area (Å²) in [4.78, 5) is 18.7. The van der Waals surface area contributed by atoms with Gasteiger partial charge in [0.1, 0.15) is 23.2 Å². The number of hydrogen-bond donors (Lipinski definition) is 0. The Labute approximate surface area is 177 Å². The smallest absolute Gasteiger partial charge is 0.274 e. The number of ether oxygens (including phenoxy) is 2. The maximum atomic E-state index is 13.8. The highest BCUT2D eigenvalue weighted by atomic mass is 32.1. The summed E-state index contributed by atoms with van der Waals surface area (Å²) in [5, 5.41) is 0.319. The molecule has 0 saturated carbocycles. The molecule has 0 aliphatic carbocycles. The average molecular weight is 432 g/mol. The SMILES string of the molecule is CC(C)Oc1ccc(C(=O)N2CCC(Oc3nc4c(F)cc(F)cc4s3)CC2)cc1. The van der Waals surface area contributed by atoms with Crippen LogP contribution in [0.3, 0.4) is 0 Å². The molecular weight excluding hydrogens is 410 g/mol. The standard InChI is InChI=1S/C22H22F2N2O3S/c1-13(2)28-16-5-3-14(4-6-16)21(27)26-9-7-17(8-10-26)29-22-25-20-18(24)11-15(23)12-19(20)30-22/h3-6,11-13,17H,7-10H2,1-2H3. The zero-order valence-corrected chi connectivity index (χ0v) is 17.5. The van der Waals surface area contributed by atoms with Crippen molar-refractivity contribution in [1.29, 1.82) is 0 Å². The molecule has 2 heterocycles. The van der Waals surface area contributed by atoms with Crippen molar-refractivity contribution in [1.82, 2.24) is 9.88 Å². The van der Waals surface area contributed by atoms with Gasteiger partial charge in [-0.2, -0.15) is 4.98 Å². The molecular formula is C22H22F2N2O3S. The minimum atomic E-state index is -0.693. The Morgan fingerprint density at radius 1 is 1.17 bits per heavy atom. The number of carbonyl (C=O) groups excluding carboxylic acids is 1. The van der Waals surface area contributed by atoms with E-state index in [1.807, 2.05) is 13.8 Å². The molecule has 4 rings (SSSR count). The average Bonchev–Trinajstić information content (AvgIpc) is 3.11. The summed E-state index contributed by atoms with van der Waals surface area (Å²) in [6.07, 6.45) is 1.25. The van der Waals surface area contributed by atoms with Crippen LogP contribution in [-0.4, -0.2) is 41.1 Å². The van der Waals surface area contributed by atoms with Gasteiger partial charge in [0, 0.05) is 37.6 Å². The predicted molar refractivity (Wildman–Crippen MR) is 111 cm³/mol. The van der Waals surface area contributed by atoms with E-state index in [0.29, 0.717) is 41.4 Å². The van der Waals surface area contributed by atoms with Gasteiger partial charge in [0.2, 0.25) is 0 Å². The molecule has 158 valence electrons. The van der Waals surface area contributed by atoms with Crippen molar-refractivity contribution < 1.29 is 23.0 Å². The van der Waals surface area contributed by atoms with Gasteiger partial charge in [0.25, 0.3) is 11.1 Å². The molecule has 0 radical (unpaired) electrons. The Morgan fingerprint density at radius 3 is 2.53 bits per heavy atom. The number of aromatic nitrogens is 1. The molecule has 1 aromatic heterocycles. The minimum absolute atomic E-state index is 0.0259. The Balaban J connectivity index is 1.34. The number of hydrogen-bond acceptors (Lipinski definition) is 5. The van der Waals surface area contributed by atoms with E-state index in [-0.39, 0.29) is 23.6 Å². The normalized spacial score (nSPS) is 15.0. The summed E-state index contributed by atoms with van der Waals surface area (Å²) in [6.45, 7) is 5.02. The molecule has 0 atom stereocenters. The number of carbonyl (C=O) groups is 1. The number of nitrogens with zero attached hydrogens (tertiary/aromatic N) is 2. The van der Waals surface area contributed by atoms with Gasteiger partial charge in [-0.3, -0.25) is 4.79 Å². The van der Waals surface area contributed by atoms with E-state index in [0.717, 1.165) is 23.2 Å². The second-order valence-corrected chi connectivity index (χ2v) is 8.51. The van der Waals surface area contributed by atoms with Crippen molar-refractivity contribution in [2.45, 2.75) is 38.9 Å². The van der Waals surface area contributed by atoms with E-state index in [4.69, 9.17) is 9.47 Å². The van der Waals surface area contributed by atoms with Crippen molar-refractivity contribution in [3.63, 3.8) is 0 Å². The van der Waals surface area contributed by atoms with Crippen molar-refractivity contribution in [3.05, 3.63) is 53.6 Å². The summed E-state index contributed by atoms with van der Waals surface area (Å²) >= 11 is 1.12. The lowest BCUT2D eigenvalue weighted by molar-refractivity contribution is 0.0595. The number of fused-ring (bicyclic) bond motifs is 1. The van der Waals surface area contributed by atoms with Crippen molar-refractivity contribution in [2.75, 3.05) is 13.1 Å². The fourth-order valence-electron chi connectivity index (χ4n) is 3.44. The van der Waals surface area contributed by atoms with Crippen LogP contribution >= 0.6 is 11.3 Å². The van der Waals surface area contributed by atoms with E-state index in [2.05, 4.69) is 4.98 Å². The third kappa shape index (κ3) is 4.53. The summed E-state index contributed by atoms with van der Waals surface area (Å²) < 4.78 is 39.1. The van der Waals surface area contributed by atoms with Crippen LogP contribution in [0.25, 0.3) is 10.2 Å². The number of thiazole rings is 1. The molecule has 0 spiro atoms. The van der Waals surface area contributed by atoms with E-state index >= 15 is 0 Å². The lowest BCUT2D eigenvalue weighted by Crippen LogP contribution is -2.41. The third-order valence-corrected chi connectivity index (χ3v) is 5.76. The van der Waals surface area contributed by atoms with Gasteiger partial charge in [-0.05, 0) is 44.2 Å². The first-order valence-corrected chi connectivity index (χ1v) is 10.7. The first kappa shape index (κ1) is 20.5. The van der Waals surface area contributed by atoms with Crippen molar-refractivity contribution in [3.8, 4) is 10.9 Å². The summed E-state index contributed by atoms with van der Waals surface area (Å²) in [7, 11) is 0. The third-order valence-electron chi connectivity index (χ3n) is 4.86. The topological polar surface area (TPSA) is 51.7 Å². The van der Waals surface area contributed by atoms with Crippen LogP contribution in [0.15, 0.2) is 36.4 Å². The summed E-state index contributed by atoms with van der Waals surface area (Å²) in [6, 6.07) is 9.23. The lowest BCUT2D eigenvalue weighted by atomic mass is 10.1. The Hall–Kier alpha value is -2.74. The number of piperidine rings is 1. The zero-order valence-electron chi connectivity index (χ0n) is 16.7. The fraction of sp³-hybridized carbons (Fsp3) is 0.364. The van der Waals surface area contributed by atoms with Gasteiger partial charge < -0.3 is 14.4 Å². The van der Waals surface area contributed by atoms with Crippen LogP contribution in [0.4, 0.5) is 8.78 Å². The van der Waals surface area contributed by atoms with Crippen LogP contribution in [0.1, 0.15) is 37.0 Å². The molecule has 8 heteroatoms. The van der Waals surface area contributed by atoms with Gasteiger partial charge >= 0.3 is 0 Å². The Kier molecular flexibility index (Phi) is 5.85. The van der Waals surface area contributed by atoms with E-state index < -0.39 is 11.6 Å². The van der Waals surface area contributed by atoms with Crippen LogP contribution in [-0.2, 0) is 0 Å². The largest absolute Gasteiger partial charge is 0.491 e. The molecule has 3 aromatic rings. The fourth-order valence-corrected chi connectivity index (χ4v) is 4.36. The summed E-state index contributed by atoms with van der Waals surface area (Å²) in [5.41, 5.74) is 0.739. The molecule has 1 amide bonds. The summed E-state index contributed by atoms with van der Waals surface area (Å²) in [5.74, 6) is -0.616. The van der Waals surface area contributed by atoms with E-state index in [9.17, 15) is 13.6 Å². The molecule has 0 bridgehead atoms. The molecule has 0 N–H and O–H groups in total. The van der Waals surface area contributed by atoms with Crippen molar-refractivity contribution >= 4 is 27.5 Å². The van der Waals surface area contributed by atoms with E-state index in [1.54, 1.807) is 29.2 Å². The van der Waals surface area contributed by atoms with Gasteiger partial charge in [-0.1, -0.05) is 11.3 Å². The van der Waals surface area contributed by atoms with Crippen LogP contribution in [0, 0.1) is 11.6 Å². The number of benzene rings is 2. The lowest BCUT2D eigenvalue weighted by Gasteiger charge is -2.31. The highest BCUT2D eigenvalue weighted by Gasteiger charge is 2.26. The Bertz CT molecular complexity index is 1040. The first-order valence-electron chi connectivity index (χ1n) is 9.87. The maximum Gasteiger partial charge on any atom is 0.274 e. The highest BCUT2D eigenvalue weighted by Crippen LogP contribution is 2.32. The molecule has 1 aliphatic rings. The van der Waals surface area contributed by atoms with Gasteiger partial charge in [-0.15, -0.1) is 0 Å². The van der Waals surface area contributed by atoms with Gasteiger partial charge in [-0.25, -0.2) is 8.78 Å². The molecule has 5 nitrogen and oxygen atoms in total. The molecule has 0 unspecified atom stereocenters. The zero-order chi connectivity index (χ0) is 21.3. The van der Waals surface area contributed by atoms with E-state index in [1.165, 1.54) is 6.07 Å². The monoisotopic (exact) mass is 432 g/mol. The molecule has 30 heavy (non-hydrogen) atoms. The molecule has 2 aromatic carbocycles. The van der Waals surface area contributed by atoms with Crippen LogP contribution in [0.2, 0.25) is 0 Å². The quantitative estimate of drug-likeness (QED) is 0.567. The van der Waals surface area contributed by atoms with Crippen LogP contribution in [0.5, 0.6) is 10.9 Å². The number of halogens is 2. The first-order chi connectivity index (χ1) is 14.4. The molecule has 1 aliphatic heterocycles. The maximum absolute atomic E-state index is 13.8. The number of rotatable bonds is 5. The highest BCUT2D eigenvalue weighted by molar-refractivity contribution is 7.20. The van der Waals surface area contributed by atoms with Gasteiger partial charge in [0.05, 0.1) is 10.8 Å². The minimum Gasteiger partial charge on any atom is -0.491 e. The second kappa shape index (κ2) is 8.55. The Morgan fingerprint density at radius 2 is 1.87 bits per heavy atom. The van der Waals surface area contributed by atoms with Gasteiger partial charge in [0.15, 0.2) is 5.82 Å². The predicted octanol–water partition coefficient (Wildman–Crippen LogP) is 5.05. The van der Waals surface area contributed by atoms with Crippen molar-refractivity contribution in [2.24, 2.45) is 0 Å². The second-order valence-electron chi connectivity index (χ2n) is 7.51. The van der Waals surface area contributed by atoms with Crippen LogP contribution < -0.4 is 9.47 Å².